The fourth-order valence-corrected chi connectivity index (χ4v) is 3.76. The van der Waals surface area contributed by atoms with Crippen molar-refractivity contribution in [2.75, 3.05) is 31.6 Å². The normalized spacial score (nSPS) is 13.8. The van der Waals surface area contributed by atoms with Gasteiger partial charge in [-0.05, 0) is 56.2 Å². The molecule has 0 fully saturated rings. The number of fused-ring (bicyclic) bond motifs is 2. The van der Waals surface area contributed by atoms with Crippen molar-refractivity contribution in [3.63, 3.8) is 0 Å². The fourth-order valence-electron chi connectivity index (χ4n) is 3.76. The van der Waals surface area contributed by atoms with Gasteiger partial charge in [-0.25, -0.2) is 4.79 Å². The van der Waals surface area contributed by atoms with Gasteiger partial charge < -0.3 is 24.1 Å². The van der Waals surface area contributed by atoms with Crippen LogP contribution in [0.25, 0.3) is 11.0 Å². The third-order valence-electron chi connectivity index (χ3n) is 5.62. The number of aryl methyl sites for hydroxylation is 2. The molecule has 1 atom stereocenters. The van der Waals surface area contributed by atoms with E-state index in [-0.39, 0.29) is 18.1 Å². The van der Waals surface area contributed by atoms with Gasteiger partial charge in [0.1, 0.15) is 25.3 Å². The highest BCUT2D eigenvalue weighted by Crippen LogP contribution is 2.32. The summed E-state index contributed by atoms with van der Waals surface area (Å²) in [5, 5.41) is 3.85. The second kappa shape index (κ2) is 8.81. The molecule has 7 heteroatoms. The smallest absolute Gasteiger partial charge is 0.336 e. The summed E-state index contributed by atoms with van der Waals surface area (Å²) in [4.78, 5) is 25.8. The number of amides is 1. The van der Waals surface area contributed by atoms with Gasteiger partial charge in [0.25, 0.3) is 5.91 Å². The number of hydrogen-bond acceptors (Lipinski definition) is 5. The molecule has 0 spiro atoms. The van der Waals surface area contributed by atoms with E-state index in [1.54, 1.807) is 18.2 Å². The van der Waals surface area contributed by atoms with Crippen LogP contribution in [0.4, 0.5) is 5.69 Å². The second-order valence-corrected chi connectivity index (χ2v) is 7.89. The number of hydrogen-bond donors (Lipinski definition) is 2. The molecule has 0 bridgehead atoms. The molecule has 0 saturated carbocycles. The molecule has 2 N–H and O–H groups in total. The van der Waals surface area contributed by atoms with Crippen molar-refractivity contribution in [1.82, 2.24) is 0 Å². The van der Waals surface area contributed by atoms with Crippen molar-refractivity contribution < 1.29 is 23.6 Å². The van der Waals surface area contributed by atoms with Gasteiger partial charge in [-0.1, -0.05) is 0 Å². The van der Waals surface area contributed by atoms with Crippen LogP contribution in [-0.2, 0) is 11.3 Å². The lowest BCUT2D eigenvalue weighted by molar-refractivity contribution is -0.903. The van der Waals surface area contributed by atoms with Gasteiger partial charge in [0.2, 0.25) is 0 Å². The number of nitrogens with one attached hydrogen (secondary N) is 2. The molecule has 1 aromatic heterocycles. The maximum Gasteiger partial charge on any atom is 0.336 e. The summed E-state index contributed by atoms with van der Waals surface area (Å²) in [6.07, 6.45) is 0. The first-order valence-corrected chi connectivity index (χ1v) is 10.5. The maximum atomic E-state index is 12.7. The van der Waals surface area contributed by atoms with E-state index in [1.807, 2.05) is 32.9 Å². The largest absolute Gasteiger partial charge is 0.486 e. The molecule has 1 unspecified atom stereocenters. The molecule has 7 nitrogen and oxygen atoms in total. The third-order valence-corrected chi connectivity index (χ3v) is 5.62. The van der Waals surface area contributed by atoms with Crippen LogP contribution in [0.3, 0.4) is 0 Å². The standard InChI is InChI=1S/C24H26N2O5/c1-4-26(13-17-11-24(28)31-21-10-16(3)15(2)9-19(17)21)14-23(27)25-18-5-6-20-22(12-18)30-8-7-29-20/h5-6,9-12H,4,7-8,13-14H2,1-3H3,(H,25,27)/p+1. The molecule has 0 aliphatic carbocycles. The lowest BCUT2D eigenvalue weighted by Gasteiger charge is -2.20. The van der Waals surface area contributed by atoms with Gasteiger partial charge in [-0.2, -0.15) is 0 Å². The Balaban J connectivity index is 1.49. The van der Waals surface area contributed by atoms with Gasteiger partial charge >= 0.3 is 5.63 Å². The van der Waals surface area contributed by atoms with E-state index < -0.39 is 0 Å². The van der Waals surface area contributed by atoms with Crippen molar-refractivity contribution in [1.29, 1.82) is 0 Å². The van der Waals surface area contributed by atoms with Gasteiger partial charge in [0.05, 0.1) is 6.54 Å². The molecule has 4 rings (SSSR count). The minimum absolute atomic E-state index is 0.104. The Labute approximate surface area is 180 Å². The number of ether oxygens (including phenoxy) is 2. The van der Waals surface area contributed by atoms with E-state index in [1.165, 1.54) is 6.07 Å². The van der Waals surface area contributed by atoms with E-state index in [0.717, 1.165) is 33.5 Å². The zero-order valence-corrected chi connectivity index (χ0v) is 18.0. The van der Waals surface area contributed by atoms with Crippen LogP contribution in [0, 0.1) is 13.8 Å². The van der Waals surface area contributed by atoms with Crippen LogP contribution in [0.2, 0.25) is 0 Å². The Kier molecular flexibility index (Phi) is 5.95. The van der Waals surface area contributed by atoms with Crippen molar-refractivity contribution in [2.24, 2.45) is 0 Å². The highest BCUT2D eigenvalue weighted by Gasteiger charge is 2.18. The van der Waals surface area contributed by atoms with E-state index >= 15 is 0 Å². The summed E-state index contributed by atoms with van der Waals surface area (Å²) in [6, 6.07) is 10.9. The average Bonchev–Trinajstić information content (AvgIpc) is 2.74. The minimum atomic E-state index is -0.373. The summed E-state index contributed by atoms with van der Waals surface area (Å²) >= 11 is 0. The Morgan fingerprint density at radius 2 is 1.77 bits per heavy atom. The molecular formula is C24H27N2O5+. The van der Waals surface area contributed by atoms with Crippen molar-refractivity contribution in [2.45, 2.75) is 27.3 Å². The van der Waals surface area contributed by atoms with Gasteiger partial charge in [0.15, 0.2) is 18.0 Å². The Morgan fingerprint density at radius 3 is 2.55 bits per heavy atom. The van der Waals surface area contributed by atoms with Crippen LogP contribution in [0.5, 0.6) is 11.5 Å². The zero-order chi connectivity index (χ0) is 22.0. The Hall–Kier alpha value is -3.32. The van der Waals surface area contributed by atoms with Crippen molar-refractivity contribution >= 4 is 22.6 Å². The van der Waals surface area contributed by atoms with Gasteiger partial charge in [-0.15, -0.1) is 0 Å². The number of likely N-dealkylation sites (N-methyl/N-ethyl adjacent to an activating group) is 1. The predicted octanol–water partition coefficient (Wildman–Crippen LogP) is 2.22. The van der Waals surface area contributed by atoms with Crippen molar-refractivity contribution in [3.05, 3.63) is 63.5 Å². The molecule has 1 aliphatic heterocycles. The maximum absolute atomic E-state index is 12.7. The zero-order valence-electron chi connectivity index (χ0n) is 18.0. The number of carbonyl (C=O) groups is 1. The lowest BCUT2D eigenvalue weighted by atomic mass is 10.0. The first kappa shape index (κ1) is 20.9. The quantitative estimate of drug-likeness (QED) is 0.594. The van der Waals surface area contributed by atoms with Gasteiger partial charge in [-0.3, -0.25) is 4.79 Å². The molecule has 1 amide bonds. The summed E-state index contributed by atoms with van der Waals surface area (Å²) in [5.41, 5.74) is 3.98. The number of carbonyl (C=O) groups excluding carboxylic acids is 1. The Bertz CT molecular complexity index is 1180. The number of benzene rings is 2. The number of rotatable bonds is 6. The monoisotopic (exact) mass is 423 g/mol. The van der Waals surface area contributed by atoms with Gasteiger partial charge in [0, 0.05) is 28.8 Å². The molecule has 2 heterocycles. The molecule has 2 aromatic carbocycles. The van der Waals surface area contributed by atoms with Crippen LogP contribution < -0.4 is 25.3 Å². The average molecular weight is 423 g/mol. The lowest BCUT2D eigenvalue weighted by Crippen LogP contribution is -3.11. The Morgan fingerprint density at radius 1 is 1.03 bits per heavy atom. The molecule has 0 radical (unpaired) electrons. The van der Waals surface area contributed by atoms with E-state index in [4.69, 9.17) is 13.9 Å². The van der Waals surface area contributed by atoms with Crippen LogP contribution in [0.15, 0.2) is 45.6 Å². The van der Waals surface area contributed by atoms with E-state index in [0.29, 0.717) is 42.5 Å². The SMILES string of the molecule is CC[NH+](CC(=O)Nc1ccc2c(c1)OCCO2)Cc1cc(=O)oc2cc(C)c(C)cc12. The molecule has 31 heavy (non-hydrogen) atoms. The molecule has 1 aliphatic rings. The van der Waals surface area contributed by atoms with E-state index in [9.17, 15) is 9.59 Å². The topological polar surface area (TPSA) is 82.2 Å². The number of anilines is 1. The molecular weight excluding hydrogens is 396 g/mol. The first-order valence-electron chi connectivity index (χ1n) is 10.5. The molecule has 162 valence electrons. The summed E-state index contributed by atoms with van der Waals surface area (Å²) in [5.74, 6) is 1.22. The predicted molar refractivity (Wildman–Crippen MR) is 118 cm³/mol. The second-order valence-electron chi connectivity index (χ2n) is 7.89. The highest BCUT2D eigenvalue weighted by atomic mass is 16.6. The number of quaternary nitrogens is 1. The summed E-state index contributed by atoms with van der Waals surface area (Å²) < 4.78 is 16.5. The van der Waals surface area contributed by atoms with Crippen LogP contribution >= 0.6 is 0 Å². The van der Waals surface area contributed by atoms with Crippen LogP contribution in [-0.4, -0.2) is 32.2 Å². The minimum Gasteiger partial charge on any atom is -0.486 e. The molecule has 0 saturated heterocycles. The summed E-state index contributed by atoms with van der Waals surface area (Å²) in [7, 11) is 0. The highest BCUT2D eigenvalue weighted by molar-refractivity contribution is 5.91. The van der Waals surface area contributed by atoms with E-state index in [2.05, 4.69) is 5.32 Å². The van der Waals surface area contributed by atoms with Crippen molar-refractivity contribution in [3.8, 4) is 11.5 Å². The van der Waals surface area contributed by atoms with Crippen LogP contribution in [0.1, 0.15) is 23.6 Å². The summed E-state index contributed by atoms with van der Waals surface area (Å²) in [6.45, 7) is 8.64. The fraction of sp³-hybridized carbons (Fsp3) is 0.333. The first-order chi connectivity index (χ1) is 14.9. The third kappa shape index (κ3) is 4.72. The molecule has 3 aromatic rings.